The van der Waals surface area contributed by atoms with Gasteiger partial charge in [0, 0.05) is 9.89 Å². The van der Waals surface area contributed by atoms with Gasteiger partial charge in [0.1, 0.15) is 5.84 Å². The lowest BCUT2D eigenvalue weighted by Gasteiger charge is -2.22. The molecule has 0 aliphatic carbocycles. The highest BCUT2D eigenvalue weighted by molar-refractivity contribution is 9.10. The molecule has 4 nitrogen and oxygen atoms in total. The zero-order valence-electron chi connectivity index (χ0n) is 11.0. The van der Waals surface area contributed by atoms with Crippen molar-refractivity contribution in [3.05, 3.63) is 28.5 Å². The first-order valence-electron chi connectivity index (χ1n) is 5.92. The number of hydrogen-bond donors (Lipinski definition) is 2. The Morgan fingerprint density at radius 3 is 2.79 bits per heavy atom. The summed E-state index contributed by atoms with van der Waals surface area (Å²) in [5.41, 5.74) is 5.17. The molecule has 0 amide bonds. The van der Waals surface area contributed by atoms with Crippen molar-refractivity contribution in [1.29, 1.82) is 0 Å². The van der Waals surface area contributed by atoms with Crippen LogP contribution in [0.3, 0.4) is 0 Å². The van der Waals surface area contributed by atoms with E-state index in [1.807, 2.05) is 13.8 Å². The summed E-state index contributed by atoms with van der Waals surface area (Å²) in [6.07, 6.45) is 1.36. The third-order valence-corrected chi connectivity index (χ3v) is 3.39. The van der Waals surface area contributed by atoms with Crippen LogP contribution in [0.5, 0.6) is 5.75 Å². The lowest BCUT2D eigenvalue weighted by atomic mass is 9.87. The van der Waals surface area contributed by atoms with Crippen molar-refractivity contribution in [2.75, 3.05) is 6.61 Å². The minimum atomic E-state index is -0.406. The van der Waals surface area contributed by atoms with Gasteiger partial charge in [0.2, 0.25) is 0 Å². The number of benzene rings is 1. The molecular formula is C13H18BrFN2O2. The number of oxime groups is 1. The van der Waals surface area contributed by atoms with Crippen molar-refractivity contribution in [3.8, 4) is 5.75 Å². The van der Waals surface area contributed by atoms with Gasteiger partial charge in [-0.15, -0.1) is 0 Å². The Hall–Kier alpha value is -1.30. The van der Waals surface area contributed by atoms with Gasteiger partial charge >= 0.3 is 0 Å². The minimum Gasteiger partial charge on any atom is -0.491 e. The fourth-order valence-corrected chi connectivity index (χ4v) is 1.89. The van der Waals surface area contributed by atoms with Crippen LogP contribution in [0.2, 0.25) is 0 Å². The summed E-state index contributed by atoms with van der Waals surface area (Å²) in [5, 5.41) is 11.7. The molecule has 0 saturated heterocycles. The Balaban J connectivity index is 2.43. The maximum Gasteiger partial charge on any atom is 0.166 e. The highest BCUT2D eigenvalue weighted by Gasteiger charge is 2.22. The van der Waals surface area contributed by atoms with E-state index in [0.717, 1.165) is 0 Å². The predicted octanol–water partition coefficient (Wildman–Crippen LogP) is 3.52. The molecule has 0 unspecified atom stereocenters. The molecule has 0 bridgehead atoms. The van der Waals surface area contributed by atoms with Crippen molar-refractivity contribution in [1.82, 2.24) is 0 Å². The first kappa shape index (κ1) is 15.8. The Morgan fingerprint density at radius 2 is 2.21 bits per heavy atom. The van der Waals surface area contributed by atoms with Crippen molar-refractivity contribution in [3.63, 3.8) is 0 Å². The van der Waals surface area contributed by atoms with E-state index in [-0.39, 0.29) is 11.6 Å². The van der Waals surface area contributed by atoms with Gasteiger partial charge in [0.15, 0.2) is 11.6 Å². The van der Waals surface area contributed by atoms with Gasteiger partial charge in [-0.05, 0) is 31.0 Å². The summed E-state index contributed by atoms with van der Waals surface area (Å²) in [7, 11) is 0. The van der Waals surface area contributed by atoms with Crippen molar-refractivity contribution in [2.45, 2.75) is 26.7 Å². The molecule has 0 spiro atoms. The quantitative estimate of drug-likeness (QED) is 0.275. The number of nitrogens with zero attached hydrogens (tertiary/aromatic N) is 1. The molecule has 0 aliphatic rings. The van der Waals surface area contributed by atoms with Crippen molar-refractivity contribution in [2.24, 2.45) is 16.3 Å². The summed E-state index contributed by atoms with van der Waals surface area (Å²) in [6.45, 7) is 4.13. The molecule has 0 heterocycles. The number of amidine groups is 1. The number of hydrogen-bond acceptors (Lipinski definition) is 3. The summed E-state index contributed by atoms with van der Waals surface area (Å²) >= 11 is 3.18. The van der Waals surface area contributed by atoms with Crippen LogP contribution < -0.4 is 10.5 Å². The topological polar surface area (TPSA) is 67.8 Å². The standard InChI is InChI=1S/C13H18BrFN2O2/c1-13(2,12(16)17-18)6-3-7-19-11-5-4-9(14)8-10(11)15/h4-5,8,18H,3,6-7H2,1-2H3,(H2,16,17). The predicted molar refractivity (Wildman–Crippen MR) is 76.0 cm³/mol. The molecule has 0 fully saturated rings. The lowest BCUT2D eigenvalue weighted by molar-refractivity contribution is 0.269. The van der Waals surface area contributed by atoms with E-state index in [1.54, 1.807) is 12.1 Å². The third-order valence-electron chi connectivity index (χ3n) is 2.90. The molecule has 6 heteroatoms. The molecular weight excluding hydrogens is 315 g/mol. The minimum absolute atomic E-state index is 0.183. The summed E-state index contributed by atoms with van der Waals surface area (Å²) < 4.78 is 19.5. The van der Waals surface area contributed by atoms with E-state index in [9.17, 15) is 4.39 Å². The lowest BCUT2D eigenvalue weighted by Crippen LogP contribution is -2.32. The van der Waals surface area contributed by atoms with Gasteiger partial charge < -0.3 is 15.7 Å². The second kappa shape index (κ2) is 6.75. The van der Waals surface area contributed by atoms with E-state index < -0.39 is 11.2 Å². The van der Waals surface area contributed by atoms with Crippen LogP contribution in [-0.4, -0.2) is 17.6 Å². The first-order valence-corrected chi connectivity index (χ1v) is 6.72. The molecule has 0 atom stereocenters. The third kappa shape index (κ3) is 4.70. The van der Waals surface area contributed by atoms with Gasteiger partial charge in [-0.2, -0.15) is 0 Å². The zero-order chi connectivity index (χ0) is 14.5. The largest absolute Gasteiger partial charge is 0.491 e. The van der Waals surface area contributed by atoms with Crippen LogP contribution >= 0.6 is 15.9 Å². The normalized spacial score (nSPS) is 12.5. The average molecular weight is 333 g/mol. The number of halogens is 2. The van der Waals surface area contributed by atoms with Crippen LogP contribution in [-0.2, 0) is 0 Å². The Bertz CT molecular complexity index is 464. The van der Waals surface area contributed by atoms with Crippen molar-refractivity contribution >= 4 is 21.8 Å². The Labute approximate surface area is 120 Å². The Morgan fingerprint density at radius 1 is 1.53 bits per heavy atom. The average Bonchev–Trinajstić information content (AvgIpc) is 2.35. The summed E-state index contributed by atoms with van der Waals surface area (Å²) in [6, 6.07) is 4.66. The maximum atomic E-state index is 13.5. The molecule has 1 aromatic carbocycles. The van der Waals surface area contributed by atoms with Gasteiger partial charge in [-0.3, -0.25) is 0 Å². The highest BCUT2D eigenvalue weighted by Crippen LogP contribution is 2.24. The Kier molecular flexibility index (Phi) is 5.60. The van der Waals surface area contributed by atoms with E-state index in [4.69, 9.17) is 15.7 Å². The fraction of sp³-hybridized carbons (Fsp3) is 0.462. The molecule has 0 radical (unpaired) electrons. The van der Waals surface area contributed by atoms with Crippen LogP contribution in [0.4, 0.5) is 4.39 Å². The summed E-state index contributed by atoms with van der Waals surface area (Å²) in [5.74, 6) is 0.0113. The van der Waals surface area contributed by atoms with E-state index in [2.05, 4.69) is 21.1 Å². The van der Waals surface area contributed by atoms with Crippen LogP contribution in [0.25, 0.3) is 0 Å². The molecule has 1 rings (SSSR count). The highest BCUT2D eigenvalue weighted by atomic mass is 79.9. The zero-order valence-corrected chi connectivity index (χ0v) is 12.6. The monoisotopic (exact) mass is 332 g/mol. The van der Waals surface area contributed by atoms with E-state index >= 15 is 0 Å². The number of nitrogens with two attached hydrogens (primary N) is 1. The van der Waals surface area contributed by atoms with Crippen LogP contribution in [0, 0.1) is 11.2 Å². The van der Waals surface area contributed by atoms with Crippen LogP contribution in [0.15, 0.2) is 27.8 Å². The van der Waals surface area contributed by atoms with E-state index in [1.165, 1.54) is 6.07 Å². The number of rotatable bonds is 6. The fourth-order valence-electron chi connectivity index (χ4n) is 1.55. The van der Waals surface area contributed by atoms with Gasteiger partial charge in [-0.1, -0.05) is 34.9 Å². The summed E-state index contributed by atoms with van der Waals surface area (Å²) in [4.78, 5) is 0. The molecule has 19 heavy (non-hydrogen) atoms. The van der Waals surface area contributed by atoms with Crippen LogP contribution in [0.1, 0.15) is 26.7 Å². The van der Waals surface area contributed by atoms with Gasteiger partial charge in [0.05, 0.1) is 6.61 Å². The first-order chi connectivity index (χ1) is 8.86. The second-order valence-corrected chi connectivity index (χ2v) is 5.81. The molecule has 1 aromatic rings. The SMILES string of the molecule is CC(C)(CCCOc1ccc(Br)cc1F)C(N)=NO. The van der Waals surface area contributed by atoms with E-state index in [0.29, 0.717) is 23.9 Å². The molecule has 0 aliphatic heterocycles. The van der Waals surface area contributed by atoms with Crippen molar-refractivity contribution < 1.29 is 14.3 Å². The second-order valence-electron chi connectivity index (χ2n) is 4.90. The molecule has 106 valence electrons. The molecule has 3 N–H and O–H groups in total. The number of ether oxygens (including phenoxy) is 1. The molecule has 0 aromatic heterocycles. The smallest absolute Gasteiger partial charge is 0.166 e. The van der Waals surface area contributed by atoms with Gasteiger partial charge in [-0.25, -0.2) is 4.39 Å². The molecule has 0 saturated carbocycles. The van der Waals surface area contributed by atoms with Gasteiger partial charge in [0.25, 0.3) is 0 Å². The maximum absolute atomic E-state index is 13.5.